The van der Waals surface area contributed by atoms with Gasteiger partial charge in [0.25, 0.3) is 0 Å². The lowest BCUT2D eigenvalue weighted by atomic mass is 10.0. The Balaban J connectivity index is 5.17. The van der Waals surface area contributed by atoms with Crippen LogP contribution in [-0.2, 0) is 27.9 Å². The van der Waals surface area contributed by atoms with Gasteiger partial charge in [-0.25, -0.2) is 4.57 Å². The Kier molecular flexibility index (Phi) is 56.2. The fraction of sp³-hybridized carbons (Fsp3) is 0.824. The summed E-state index contributed by atoms with van der Waals surface area (Å²) in [5.41, 5.74) is 0. The molecule has 0 bridgehead atoms. The van der Waals surface area contributed by atoms with Crippen molar-refractivity contribution in [3.63, 3.8) is 0 Å². The van der Waals surface area contributed by atoms with Gasteiger partial charge in [0.05, 0.1) is 33.8 Å². The molecule has 0 fully saturated rings. The summed E-state index contributed by atoms with van der Waals surface area (Å²) in [7, 11) is 1.50. The van der Waals surface area contributed by atoms with Crippen LogP contribution in [0, 0.1) is 0 Å². The summed E-state index contributed by atoms with van der Waals surface area (Å²) in [6.07, 6.45) is 73.6. The third-order valence-corrected chi connectivity index (χ3v) is 15.7. The predicted molar refractivity (Wildman–Crippen MR) is 337 cm³/mol. The maximum Gasteiger partial charge on any atom is 0.472 e. The summed E-state index contributed by atoms with van der Waals surface area (Å²) in [5, 5.41) is 3.06. The SMILES string of the molecule is CCCCC/C=C\C/C=C\CCCCCCCCCCCCCC(=O)OC(/C=C/CCCCCCCCCCCC)C(COP(=O)(O)OCC[N+](C)(C)C)NC(=O)CCCCCCCCCCC/C=C\C/C=C\CCCCC. The van der Waals surface area contributed by atoms with E-state index in [1.807, 2.05) is 33.3 Å². The molecule has 0 radical (unpaired) electrons. The first-order valence-corrected chi connectivity index (χ1v) is 34.6. The number of amides is 1. The van der Waals surface area contributed by atoms with Crippen molar-refractivity contribution in [3.05, 3.63) is 60.8 Å². The number of likely N-dealkylation sites (N-methyl/N-ethyl adjacent to an activating group) is 1. The van der Waals surface area contributed by atoms with Crippen LogP contribution >= 0.6 is 7.82 Å². The number of phosphoric acid groups is 1. The first-order chi connectivity index (χ1) is 37.9. The van der Waals surface area contributed by atoms with Crippen LogP contribution in [0.1, 0.15) is 310 Å². The first kappa shape index (κ1) is 75.7. The van der Waals surface area contributed by atoms with Gasteiger partial charge in [-0.3, -0.25) is 18.6 Å². The highest BCUT2D eigenvalue weighted by Gasteiger charge is 2.30. The quantitative estimate of drug-likeness (QED) is 0.0205. The van der Waals surface area contributed by atoms with Crippen LogP contribution in [0.25, 0.3) is 0 Å². The van der Waals surface area contributed by atoms with Gasteiger partial charge < -0.3 is 19.4 Å². The van der Waals surface area contributed by atoms with Crippen molar-refractivity contribution in [1.82, 2.24) is 5.32 Å². The Labute approximate surface area is 483 Å². The maximum absolute atomic E-state index is 13.6. The van der Waals surface area contributed by atoms with E-state index in [0.717, 1.165) is 70.6 Å². The molecule has 9 nitrogen and oxygen atoms in total. The fourth-order valence-corrected chi connectivity index (χ4v) is 10.3. The monoisotopic (exact) mass is 1120 g/mol. The van der Waals surface area contributed by atoms with E-state index in [4.69, 9.17) is 13.8 Å². The maximum atomic E-state index is 13.6. The van der Waals surface area contributed by atoms with E-state index in [1.54, 1.807) is 0 Å². The van der Waals surface area contributed by atoms with Crippen LogP contribution in [0.3, 0.4) is 0 Å². The molecule has 0 aromatic rings. The number of phosphoric ester groups is 1. The molecule has 3 atom stereocenters. The molecule has 1 amide bonds. The van der Waals surface area contributed by atoms with E-state index in [-0.39, 0.29) is 31.5 Å². The molecule has 3 unspecified atom stereocenters. The van der Waals surface area contributed by atoms with Crippen LogP contribution in [-0.4, -0.2) is 74.3 Å². The standard InChI is InChI=1S/C68H127N2O7P/c1-7-10-13-16-19-22-25-28-30-32-34-35-37-39-41-43-46-49-52-55-58-61-68(72)77-66(59-56-53-50-47-44-27-24-21-18-15-12-9-3)65(64-76-78(73,74)75-63-62-70(4,5)6)69-67(71)60-57-54-51-48-45-42-40-38-36-33-31-29-26-23-20-17-14-11-8-2/h19-20,22-23,28-31,56,59,65-66H,7-18,21,24-27,32-55,57-58,60-64H2,1-6H3,(H-,69,71,73,74)/p+1/b22-19-,23-20-,30-28-,31-29-,59-56+. The van der Waals surface area contributed by atoms with Gasteiger partial charge in [0.1, 0.15) is 19.3 Å². The number of unbranched alkanes of at least 4 members (excludes halogenated alkanes) is 36. The van der Waals surface area contributed by atoms with E-state index in [9.17, 15) is 19.0 Å². The Hall–Kier alpha value is -2.29. The summed E-state index contributed by atoms with van der Waals surface area (Å²) in [4.78, 5) is 37.8. The molecule has 0 aromatic carbocycles. The summed E-state index contributed by atoms with van der Waals surface area (Å²) in [6, 6.07) is -0.852. The number of hydrogen-bond donors (Lipinski definition) is 2. The summed E-state index contributed by atoms with van der Waals surface area (Å²) >= 11 is 0. The van der Waals surface area contributed by atoms with Gasteiger partial charge >= 0.3 is 13.8 Å². The molecule has 10 heteroatoms. The number of rotatable bonds is 60. The number of allylic oxidation sites excluding steroid dienone is 9. The van der Waals surface area contributed by atoms with E-state index in [0.29, 0.717) is 17.4 Å². The summed E-state index contributed by atoms with van der Waals surface area (Å²) < 4.78 is 30.8. The Morgan fingerprint density at radius 3 is 1.18 bits per heavy atom. The summed E-state index contributed by atoms with van der Waals surface area (Å²) in [6.45, 7) is 6.99. The minimum absolute atomic E-state index is 0.0386. The molecule has 0 saturated carbocycles. The zero-order chi connectivity index (χ0) is 57.2. The molecule has 0 saturated heterocycles. The van der Waals surface area contributed by atoms with Crippen LogP contribution in [0.5, 0.6) is 0 Å². The van der Waals surface area contributed by atoms with E-state index in [2.05, 4.69) is 74.7 Å². The van der Waals surface area contributed by atoms with Crippen molar-refractivity contribution < 1.29 is 37.3 Å². The van der Waals surface area contributed by atoms with Crippen molar-refractivity contribution in [1.29, 1.82) is 0 Å². The van der Waals surface area contributed by atoms with Crippen LogP contribution in [0.4, 0.5) is 0 Å². The number of esters is 1. The number of nitrogens with one attached hydrogen (secondary N) is 1. The Morgan fingerprint density at radius 2 is 0.782 bits per heavy atom. The molecular formula is C68H128N2O7P+. The Bertz CT molecular complexity index is 1520. The highest BCUT2D eigenvalue weighted by molar-refractivity contribution is 7.47. The largest absolute Gasteiger partial charge is 0.472 e. The molecule has 78 heavy (non-hydrogen) atoms. The second kappa shape index (κ2) is 57.9. The highest BCUT2D eigenvalue weighted by atomic mass is 31.2. The molecule has 0 rings (SSSR count). The lowest BCUT2D eigenvalue weighted by Gasteiger charge is -2.27. The number of hydrogen-bond acceptors (Lipinski definition) is 6. The molecular weight excluding hydrogens is 988 g/mol. The number of carbonyl (C=O) groups is 2. The van der Waals surface area contributed by atoms with Crippen molar-refractivity contribution in [2.24, 2.45) is 0 Å². The van der Waals surface area contributed by atoms with E-state index < -0.39 is 20.0 Å². The van der Waals surface area contributed by atoms with Crippen LogP contribution in [0.15, 0.2) is 60.8 Å². The van der Waals surface area contributed by atoms with Crippen molar-refractivity contribution in [2.45, 2.75) is 322 Å². The molecule has 0 heterocycles. The van der Waals surface area contributed by atoms with Gasteiger partial charge in [0.15, 0.2) is 0 Å². The van der Waals surface area contributed by atoms with Gasteiger partial charge in [-0.15, -0.1) is 0 Å². The van der Waals surface area contributed by atoms with Gasteiger partial charge in [-0.1, -0.05) is 262 Å². The highest BCUT2D eigenvalue weighted by Crippen LogP contribution is 2.43. The van der Waals surface area contributed by atoms with Crippen LogP contribution < -0.4 is 5.32 Å². The van der Waals surface area contributed by atoms with Gasteiger partial charge in [-0.05, 0) is 96.0 Å². The topological polar surface area (TPSA) is 111 Å². The molecule has 456 valence electrons. The third-order valence-electron chi connectivity index (χ3n) is 14.7. The predicted octanol–water partition coefficient (Wildman–Crippen LogP) is 20.6. The number of quaternary nitrogens is 1. The smallest absolute Gasteiger partial charge is 0.456 e. The Morgan fingerprint density at radius 1 is 0.449 bits per heavy atom. The zero-order valence-electron chi connectivity index (χ0n) is 52.2. The zero-order valence-corrected chi connectivity index (χ0v) is 53.1. The molecule has 0 aromatic heterocycles. The van der Waals surface area contributed by atoms with E-state index in [1.165, 1.54) is 205 Å². The number of carbonyl (C=O) groups excluding carboxylic acids is 2. The van der Waals surface area contributed by atoms with Crippen LogP contribution in [0.2, 0.25) is 0 Å². The minimum atomic E-state index is -4.45. The van der Waals surface area contributed by atoms with E-state index >= 15 is 0 Å². The van der Waals surface area contributed by atoms with Crippen molar-refractivity contribution in [2.75, 3.05) is 40.9 Å². The first-order valence-electron chi connectivity index (χ1n) is 33.1. The molecule has 2 N–H and O–H groups in total. The van der Waals surface area contributed by atoms with Crippen molar-refractivity contribution in [3.8, 4) is 0 Å². The average molecular weight is 1120 g/mol. The lowest BCUT2D eigenvalue weighted by Crippen LogP contribution is -2.47. The third kappa shape index (κ3) is 58.4. The minimum Gasteiger partial charge on any atom is -0.456 e. The lowest BCUT2D eigenvalue weighted by molar-refractivity contribution is -0.870. The second-order valence-electron chi connectivity index (χ2n) is 23.6. The van der Waals surface area contributed by atoms with Gasteiger partial charge in [0, 0.05) is 12.8 Å². The number of nitrogens with zero attached hydrogens (tertiary/aromatic N) is 1. The number of ether oxygens (including phenoxy) is 1. The molecule has 0 aliphatic heterocycles. The molecule has 0 spiro atoms. The summed E-state index contributed by atoms with van der Waals surface area (Å²) in [5.74, 6) is -0.504. The van der Waals surface area contributed by atoms with Gasteiger partial charge in [0.2, 0.25) is 5.91 Å². The molecule has 0 aliphatic carbocycles. The normalized spacial score (nSPS) is 14.0. The van der Waals surface area contributed by atoms with Gasteiger partial charge in [-0.2, -0.15) is 0 Å². The van der Waals surface area contributed by atoms with Crippen molar-refractivity contribution >= 4 is 19.7 Å². The fourth-order valence-electron chi connectivity index (χ4n) is 9.53. The second-order valence-corrected chi connectivity index (χ2v) is 25.1. The average Bonchev–Trinajstić information content (AvgIpc) is 3.40. The molecule has 0 aliphatic rings.